The summed E-state index contributed by atoms with van der Waals surface area (Å²) in [6.07, 6.45) is 0. The molecule has 0 radical (unpaired) electrons. The van der Waals surface area contributed by atoms with Crippen LogP contribution in [-0.2, 0) is 0 Å². The summed E-state index contributed by atoms with van der Waals surface area (Å²) in [6, 6.07) is 5.61. The van der Waals surface area contributed by atoms with Gasteiger partial charge in [0.1, 0.15) is 4.60 Å². The van der Waals surface area contributed by atoms with E-state index in [1.807, 2.05) is 18.2 Å². The highest BCUT2D eigenvalue weighted by atomic mass is 79.9. The second kappa shape index (κ2) is 2.23. The topological polar surface area (TPSA) is 54.7 Å². The third-order valence-electron chi connectivity index (χ3n) is 1.53. The molecule has 2 rings (SSSR count). The van der Waals surface area contributed by atoms with Gasteiger partial charge in [-0.25, -0.2) is 0 Å². The Hall–Kier alpha value is -1.03. The lowest BCUT2D eigenvalue weighted by Crippen LogP contribution is -1.82. The fraction of sp³-hybridized carbons (Fsp3) is 0. The number of nitrogens with two attached hydrogens (primary N) is 1. The van der Waals surface area contributed by atoms with E-state index < -0.39 is 0 Å². The van der Waals surface area contributed by atoms with Gasteiger partial charge < -0.3 is 5.73 Å². The van der Waals surface area contributed by atoms with Crippen molar-refractivity contribution in [2.24, 2.45) is 0 Å². The molecule has 4 heteroatoms. The number of fused-ring (bicyclic) bond motifs is 1. The van der Waals surface area contributed by atoms with Crippen molar-refractivity contribution in [3.05, 3.63) is 22.8 Å². The number of aromatic amines is 1. The molecule has 0 fully saturated rings. The zero-order valence-electron chi connectivity index (χ0n) is 5.63. The number of nitrogen functional groups attached to an aromatic ring is 1. The average molecular weight is 212 g/mol. The molecule has 1 aromatic heterocycles. The molecule has 1 heterocycles. The first kappa shape index (κ1) is 6.67. The van der Waals surface area contributed by atoms with Crippen molar-refractivity contribution in [3.63, 3.8) is 0 Å². The fourth-order valence-corrected chi connectivity index (χ4v) is 1.42. The van der Waals surface area contributed by atoms with Crippen LogP contribution in [0.4, 0.5) is 5.69 Å². The van der Waals surface area contributed by atoms with Crippen molar-refractivity contribution in [1.29, 1.82) is 0 Å². The van der Waals surface area contributed by atoms with E-state index in [-0.39, 0.29) is 0 Å². The molecular weight excluding hydrogens is 206 g/mol. The first-order valence-corrected chi connectivity index (χ1v) is 3.96. The summed E-state index contributed by atoms with van der Waals surface area (Å²) in [4.78, 5) is 0. The van der Waals surface area contributed by atoms with Crippen LogP contribution in [0, 0.1) is 0 Å². The minimum atomic E-state index is 0.733. The molecule has 0 unspecified atom stereocenters. The number of nitrogens with one attached hydrogen (secondary N) is 1. The monoisotopic (exact) mass is 211 g/mol. The van der Waals surface area contributed by atoms with Crippen LogP contribution < -0.4 is 5.73 Å². The number of anilines is 1. The van der Waals surface area contributed by atoms with Gasteiger partial charge in [-0.3, -0.25) is 5.10 Å². The quantitative estimate of drug-likeness (QED) is 0.655. The van der Waals surface area contributed by atoms with Crippen LogP contribution in [0.2, 0.25) is 0 Å². The smallest absolute Gasteiger partial charge is 0.108 e. The van der Waals surface area contributed by atoms with Gasteiger partial charge >= 0.3 is 0 Å². The van der Waals surface area contributed by atoms with E-state index in [4.69, 9.17) is 5.73 Å². The van der Waals surface area contributed by atoms with Crippen molar-refractivity contribution in [3.8, 4) is 0 Å². The first-order valence-electron chi connectivity index (χ1n) is 3.16. The maximum atomic E-state index is 5.56. The Kier molecular flexibility index (Phi) is 1.35. The highest BCUT2D eigenvalue weighted by molar-refractivity contribution is 9.10. The van der Waals surface area contributed by atoms with E-state index in [2.05, 4.69) is 26.1 Å². The van der Waals surface area contributed by atoms with E-state index in [0.717, 1.165) is 21.2 Å². The Morgan fingerprint density at radius 1 is 1.45 bits per heavy atom. The van der Waals surface area contributed by atoms with E-state index in [0.29, 0.717) is 0 Å². The summed E-state index contributed by atoms with van der Waals surface area (Å²) in [6.45, 7) is 0. The standard InChI is InChI=1S/C7H6BrN3/c8-7-5-2-1-4(9)3-6(5)10-11-7/h1-3H,9H2,(H,10,11). The van der Waals surface area contributed by atoms with Crippen molar-refractivity contribution in [2.45, 2.75) is 0 Å². The van der Waals surface area contributed by atoms with Crippen LogP contribution in [-0.4, -0.2) is 10.2 Å². The number of rotatable bonds is 0. The van der Waals surface area contributed by atoms with Gasteiger partial charge in [-0.1, -0.05) is 0 Å². The van der Waals surface area contributed by atoms with E-state index in [1.54, 1.807) is 0 Å². The van der Waals surface area contributed by atoms with Gasteiger partial charge in [0.15, 0.2) is 0 Å². The number of nitrogens with zero attached hydrogens (tertiary/aromatic N) is 1. The zero-order valence-corrected chi connectivity index (χ0v) is 7.22. The molecule has 3 nitrogen and oxygen atoms in total. The molecule has 0 aliphatic carbocycles. The maximum absolute atomic E-state index is 5.56. The van der Waals surface area contributed by atoms with Crippen LogP contribution in [0.5, 0.6) is 0 Å². The lowest BCUT2D eigenvalue weighted by atomic mass is 10.2. The Labute approximate surface area is 71.7 Å². The molecule has 0 bridgehead atoms. The van der Waals surface area contributed by atoms with Gasteiger partial charge in [0.05, 0.1) is 5.52 Å². The second-order valence-corrected chi connectivity index (χ2v) is 3.11. The zero-order chi connectivity index (χ0) is 7.84. The van der Waals surface area contributed by atoms with Crippen LogP contribution >= 0.6 is 15.9 Å². The summed E-state index contributed by atoms with van der Waals surface area (Å²) in [7, 11) is 0. The maximum Gasteiger partial charge on any atom is 0.108 e. The minimum Gasteiger partial charge on any atom is -0.399 e. The third-order valence-corrected chi connectivity index (χ3v) is 2.14. The Balaban J connectivity index is 2.86. The highest BCUT2D eigenvalue weighted by Gasteiger charge is 2.00. The molecule has 0 atom stereocenters. The highest BCUT2D eigenvalue weighted by Crippen LogP contribution is 2.21. The average Bonchev–Trinajstić information content (AvgIpc) is 2.32. The van der Waals surface area contributed by atoms with E-state index >= 15 is 0 Å². The number of H-pyrrole nitrogens is 1. The molecule has 0 saturated carbocycles. The number of hydrogen-bond acceptors (Lipinski definition) is 2. The van der Waals surface area contributed by atoms with Crippen LogP contribution in [0.3, 0.4) is 0 Å². The Bertz CT molecular complexity index is 393. The van der Waals surface area contributed by atoms with Gasteiger partial charge in [0.2, 0.25) is 0 Å². The molecule has 0 saturated heterocycles. The number of benzene rings is 1. The summed E-state index contributed by atoms with van der Waals surface area (Å²) in [5.41, 5.74) is 7.18. The molecule has 2 aromatic rings. The molecule has 11 heavy (non-hydrogen) atoms. The number of halogens is 1. The van der Waals surface area contributed by atoms with Crippen LogP contribution in [0.15, 0.2) is 22.8 Å². The second-order valence-electron chi connectivity index (χ2n) is 2.31. The van der Waals surface area contributed by atoms with Crippen molar-refractivity contribution >= 4 is 32.5 Å². The lowest BCUT2D eigenvalue weighted by Gasteiger charge is -1.90. The van der Waals surface area contributed by atoms with Crippen molar-refractivity contribution in [1.82, 2.24) is 10.2 Å². The Morgan fingerprint density at radius 2 is 2.27 bits per heavy atom. The molecular formula is C7H6BrN3. The van der Waals surface area contributed by atoms with Gasteiger partial charge in [-0.15, -0.1) is 0 Å². The SMILES string of the molecule is Nc1ccc2c(Br)[nH]nc2c1. The third kappa shape index (κ3) is 0.991. The largest absolute Gasteiger partial charge is 0.399 e. The van der Waals surface area contributed by atoms with Crippen LogP contribution in [0.1, 0.15) is 0 Å². The number of aromatic nitrogens is 2. The van der Waals surface area contributed by atoms with Gasteiger partial charge in [-0.2, -0.15) is 5.10 Å². The van der Waals surface area contributed by atoms with E-state index in [9.17, 15) is 0 Å². The van der Waals surface area contributed by atoms with Crippen molar-refractivity contribution in [2.75, 3.05) is 5.73 Å². The summed E-state index contributed by atoms with van der Waals surface area (Å²) >= 11 is 3.33. The molecule has 0 aliphatic heterocycles. The minimum absolute atomic E-state index is 0.733. The summed E-state index contributed by atoms with van der Waals surface area (Å²) in [5.74, 6) is 0. The van der Waals surface area contributed by atoms with E-state index in [1.165, 1.54) is 0 Å². The predicted molar refractivity (Wildman–Crippen MR) is 48.2 cm³/mol. The number of hydrogen-bond donors (Lipinski definition) is 2. The summed E-state index contributed by atoms with van der Waals surface area (Å²) in [5, 5.41) is 7.90. The molecule has 56 valence electrons. The molecule has 0 spiro atoms. The normalized spacial score (nSPS) is 10.6. The molecule has 3 N–H and O–H groups in total. The Morgan fingerprint density at radius 3 is 3.09 bits per heavy atom. The van der Waals surface area contributed by atoms with Gasteiger partial charge in [0.25, 0.3) is 0 Å². The van der Waals surface area contributed by atoms with Gasteiger partial charge in [0, 0.05) is 11.1 Å². The molecule has 0 amide bonds. The fourth-order valence-electron chi connectivity index (χ4n) is 0.996. The lowest BCUT2D eigenvalue weighted by molar-refractivity contribution is 1.10. The van der Waals surface area contributed by atoms with Gasteiger partial charge in [-0.05, 0) is 34.1 Å². The summed E-state index contributed by atoms with van der Waals surface area (Å²) < 4.78 is 0.896. The molecule has 0 aliphatic rings. The molecule has 1 aromatic carbocycles. The van der Waals surface area contributed by atoms with Crippen molar-refractivity contribution < 1.29 is 0 Å². The first-order chi connectivity index (χ1) is 5.27. The predicted octanol–water partition coefficient (Wildman–Crippen LogP) is 1.91. The van der Waals surface area contributed by atoms with Crippen LogP contribution in [0.25, 0.3) is 10.9 Å².